The predicted octanol–water partition coefficient (Wildman–Crippen LogP) is 3.54. The lowest BCUT2D eigenvalue weighted by Gasteiger charge is -2.17. The van der Waals surface area contributed by atoms with Crippen LogP contribution in [0, 0.1) is 0 Å². The number of benzene rings is 1. The fourth-order valence-corrected chi connectivity index (χ4v) is 2.77. The van der Waals surface area contributed by atoms with Crippen LogP contribution < -0.4 is 10.5 Å². The Morgan fingerprint density at radius 3 is 2.60 bits per heavy atom. The molecule has 1 aliphatic carbocycles. The van der Waals surface area contributed by atoms with Gasteiger partial charge < -0.3 is 10.5 Å². The van der Waals surface area contributed by atoms with Crippen molar-refractivity contribution in [1.82, 2.24) is 0 Å². The van der Waals surface area contributed by atoms with Gasteiger partial charge in [0.1, 0.15) is 5.75 Å². The van der Waals surface area contributed by atoms with Crippen molar-refractivity contribution in [2.75, 3.05) is 7.11 Å². The van der Waals surface area contributed by atoms with Crippen molar-refractivity contribution in [2.45, 2.75) is 44.4 Å². The average molecular weight is 273 g/mol. The SMILES string of the molecule is COc1ccc(C(CCC2=CCCCC2)C(N)=O)cc1. The van der Waals surface area contributed by atoms with Crippen LogP contribution in [-0.2, 0) is 4.79 Å². The minimum absolute atomic E-state index is 0.205. The lowest BCUT2D eigenvalue weighted by molar-refractivity contribution is -0.119. The number of ether oxygens (including phenoxy) is 1. The lowest BCUT2D eigenvalue weighted by Crippen LogP contribution is -2.21. The molecular formula is C17H23NO2. The molecule has 2 rings (SSSR count). The maximum absolute atomic E-state index is 11.7. The van der Waals surface area contributed by atoms with E-state index in [9.17, 15) is 4.79 Å². The third-order valence-electron chi connectivity index (χ3n) is 4.00. The van der Waals surface area contributed by atoms with Crippen LogP contribution in [0.5, 0.6) is 5.75 Å². The smallest absolute Gasteiger partial charge is 0.224 e. The summed E-state index contributed by atoms with van der Waals surface area (Å²) >= 11 is 0. The van der Waals surface area contributed by atoms with Gasteiger partial charge in [-0.05, 0) is 56.2 Å². The summed E-state index contributed by atoms with van der Waals surface area (Å²) in [5.74, 6) is 0.349. The second-order valence-electron chi connectivity index (χ2n) is 5.37. The van der Waals surface area contributed by atoms with Crippen LogP contribution in [0.1, 0.15) is 50.0 Å². The number of hydrogen-bond acceptors (Lipinski definition) is 2. The third-order valence-corrected chi connectivity index (χ3v) is 4.00. The van der Waals surface area contributed by atoms with E-state index in [2.05, 4.69) is 6.08 Å². The maximum Gasteiger partial charge on any atom is 0.224 e. The minimum atomic E-state index is -0.244. The van der Waals surface area contributed by atoms with E-state index >= 15 is 0 Å². The number of methoxy groups -OCH3 is 1. The van der Waals surface area contributed by atoms with Crippen LogP contribution >= 0.6 is 0 Å². The topological polar surface area (TPSA) is 52.3 Å². The Labute approximate surface area is 120 Å². The molecule has 2 N–H and O–H groups in total. The van der Waals surface area contributed by atoms with Crippen LogP contribution in [0.3, 0.4) is 0 Å². The Hall–Kier alpha value is -1.77. The number of nitrogens with two attached hydrogens (primary N) is 1. The van der Waals surface area contributed by atoms with E-state index < -0.39 is 0 Å². The number of primary amides is 1. The Kier molecular flexibility index (Phi) is 5.22. The number of rotatable bonds is 6. The van der Waals surface area contributed by atoms with E-state index in [1.54, 1.807) is 7.11 Å². The number of amides is 1. The lowest BCUT2D eigenvalue weighted by atomic mass is 9.88. The van der Waals surface area contributed by atoms with Gasteiger partial charge >= 0.3 is 0 Å². The summed E-state index contributed by atoms with van der Waals surface area (Å²) in [4.78, 5) is 11.7. The van der Waals surface area contributed by atoms with E-state index in [4.69, 9.17) is 10.5 Å². The summed E-state index contributed by atoms with van der Waals surface area (Å²) in [5, 5.41) is 0. The fourth-order valence-electron chi connectivity index (χ4n) is 2.77. The highest BCUT2D eigenvalue weighted by Crippen LogP contribution is 2.28. The number of hydrogen-bond donors (Lipinski definition) is 1. The highest BCUT2D eigenvalue weighted by molar-refractivity contribution is 5.81. The summed E-state index contributed by atoms with van der Waals surface area (Å²) in [6.07, 6.45) is 9.02. The van der Waals surface area contributed by atoms with Crippen molar-refractivity contribution in [2.24, 2.45) is 5.73 Å². The fraction of sp³-hybridized carbons (Fsp3) is 0.471. The Bertz CT molecular complexity index is 476. The molecule has 3 heteroatoms. The van der Waals surface area contributed by atoms with Crippen LogP contribution in [0.4, 0.5) is 0 Å². The molecule has 108 valence electrons. The zero-order valence-corrected chi connectivity index (χ0v) is 12.1. The second kappa shape index (κ2) is 7.13. The van der Waals surface area contributed by atoms with Gasteiger partial charge in [-0.25, -0.2) is 0 Å². The zero-order valence-electron chi connectivity index (χ0n) is 12.1. The van der Waals surface area contributed by atoms with Crippen LogP contribution in [-0.4, -0.2) is 13.0 Å². The molecule has 1 aliphatic rings. The molecule has 0 aliphatic heterocycles. The summed E-state index contributed by atoms with van der Waals surface area (Å²) in [6, 6.07) is 7.63. The number of allylic oxidation sites excluding steroid dienone is 2. The van der Waals surface area contributed by atoms with Gasteiger partial charge in [-0.15, -0.1) is 0 Å². The molecule has 0 saturated carbocycles. The molecule has 20 heavy (non-hydrogen) atoms. The minimum Gasteiger partial charge on any atom is -0.497 e. The quantitative estimate of drug-likeness (QED) is 0.806. The highest BCUT2D eigenvalue weighted by Gasteiger charge is 2.18. The molecule has 0 spiro atoms. The van der Waals surface area contributed by atoms with E-state index in [1.807, 2.05) is 24.3 Å². The van der Waals surface area contributed by atoms with Crippen LogP contribution in [0.15, 0.2) is 35.9 Å². The largest absolute Gasteiger partial charge is 0.497 e. The van der Waals surface area contributed by atoms with E-state index in [1.165, 1.54) is 31.3 Å². The molecule has 1 aromatic rings. The first-order chi connectivity index (χ1) is 9.70. The van der Waals surface area contributed by atoms with Gasteiger partial charge in [0.25, 0.3) is 0 Å². The van der Waals surface area contributed by atoms with E-state index in [0.29, 0.717) is 0 Å². The molecule has 0 bridgehead atoms. The second-order valence-corrected chi connectivity index (χ2v) is 5.37. The van der Waals surface area contributed by atoms with Crippen LogP contribution in [0.2, 0.25) is 0 Å². The standard InChI is InChI=1S/C17H23NO2/c1-20-15-10-8-14(9-11-15)16(17(18)19)12-7-13-5-3-2-4-6-13/h5,8-11,16H,2-4,6-7,12H2,1H3,(H2,18,19). The number of carbonyl (C=O) groups excluding carboxylic acids is 1. The van der Waals surface area contributed by atoms with Gasteiger partial charge in [0.2, 0.25) is 5.91 Å². The molecule has 0 aromatic heterocycles. The van der Waals surface area contributed by atoms with Crippen molar-refractivity contribution in [1.29, 1.82) is 0 Å². The summed E-state index contributed by atoms with van der Waals surface area (Å²) in [6.45, 7) is 0. The van der Waals surface area contributed by atoms with Crippen molar-refractivity contribution in [3.05, 3.63) is 41.5 Å². The molecule has 0 heterocycles. The van der Waals surface area contributed by atoms with Crippen molar-refractivity contribution in [3.8, 4) is 5.75 Å². The van der Waals surface area contributed by atoms with Gasteiger partial charge in [0, 0.05) is 0 Å². The molecular weight excluding hydrogens is 250 g/mol. The first-order valence-electron chi connectivity index (χ1n) is 7.32. The Morgan fingerprint density at radius 2 is 2.05 bits per heavy atom. The molecule has 1 atom stereocenters. The average Bonchev–Trinajstić information content (AvgIpc) is 2.49. The van der Waals surface area contributed by atoms with Gasteiger partial charge in [-0.3, -0.25) is 4.79 Å². The Balaban J connectivity index is 2.02. The van der Waals surface area contributed by atoms with E-state index in [-0.39, 0.29) is 11.8 Å². The monoisotopic (exact) mass is 273 g/mol. The zero-order chi connectivity index (χ0) is 14.4. The van der Waals surface area contributed by atoms with Gasteiger partial charge in [-0.2, -0.15) is 0 Å². The van der Waals surface area contributed by atoms with Crippen molar-refractivity contribution in [3.63, 3.8) is 0 Å². The molecule has 1 aromatic carbocycles. The van der Waals surface area contributed by atoms with Crippen LogP contribution in [0.25, 0.3) is 0 Å². The summed E-state index contributed by atoms with van der Waals surface area (Å²) in [7, 11) is 1.64. The Morgan fingerprint density at radius 1 is 1.30 bits per heavy atom. The van der Waals surface area contributed by atoms with Gasteiger partial charge in [0.15, 0.2) is 0 Å². The molecule has 0 radical (unpaired) electrons. The molecule has 0 fully saturated rings. The molecule has 1 amide bonds. The molecule has 3 nitrogen and oxygen atoms in total. The van der Waals surface area contributed by atoms with E-state index in [0.717, 1.165) is 24.2 Å². The first kappa shape index (κ1) is 14.6. The van der Waals surface area contributed by atoms with Crippen molar-refractivity contribution < 1.29 is 9.53 Å². The first-order valence-corrected chi connectivity index (χ1v) is 7.32. The predicted molar refractivity (Wildman–Crippen MR) is 80.7 cm³/mol. The highest BCUT2D eigenvalue weighted by atomic mass is 16.5. The molecule has 1 unspecified atom stereocenters. The normalized spacial score (nSPS) is 16.4. The third kappa shape index (κ3) is 3.86. The number of carbonyl (C=O) groups is 1. The van der Waals surface area contributed by atoms with Crippen molar-refractivity contribution >= 4 is 5.91 Å². The van der Waals surface area contributed by atoms with Gasteiger partial charge in [0.05, 0.1) is 13.0 Å². The molecule has 0 saturated heterocycles. The summed E-state index contributed by atoms with van der Waals surface area (Å²) in [5.41, 5.74) is 8.03. The summed E-state index contributed by atoms with van der Waals surface area (Å²) < 4.78 is 5.14. The maximum atomic E-state index is 11.7. The van der Waals surface area contributed by atoms with Gasteiger partial charge in [-0.1, -0.05) is 23.8 Å².